The van der Waals surface area contributed by atoms with Gasteiger partial charge in [0.15, 0.2) is 5.65 Å². The van der Waals surface area contributed by atoms with Crippen molar-refractivity contribution in [3.63, 3.8) is 0 Å². The van der Waals surface area contributed by atoms with E-state index >= 15 is 0 Å². The first-order valence-electron chi connectivity index (χ1n) is 10.9. The summed E-state index contributed by atoms with van der Waals surface area (Å²) in [5.41, 5.74) is -0.467. The van der Waals surface area contributed by atoms with E-state index in [0.717, 1.165) is 17.4 Å². The van der Waals surface area contributed by atoms with E-state index in [4.69, 9.17) is 4.74 Å². The van der Waals surface area contributed by atoms with Crippen LogP contribution < -0.4 is 11.2 Å². The monoisotopic (exact) mass is 450 g/mol. The first kappa shape index (κ1) is 22.4. The number of carbonyl (C=O) groups is 2. The topological polar surface area (TPSA) is 104 Å². The maximum absolute atomic E-state index is 13.5. The van der Waals surface area contributed by atoms with E-state index in [2.05, 4.69) is 11.9 Å². The smallest absolute Gasteiger partial charge is 0.338 e. The van der Waals surface area contributed by atoms with Crippen molar-refractivity contribution in [3.8, 4) is 5.69 Å². The Hall–Kier alpha value is -3.75. The van der Waals surface area contributed by atoms with Gasteiger partial charge in [0.1, 0.15) is 6.54 Å². The first-order chi connectivity index (χ1) is 15.8. The molecule has 0 bridgehead atoms. The summed E-state index contributed by atoms with van der Waals surface area (Å²) in [5, 5.41) is -0.0595. The number of amides is 1. The predicted octanol–water partition coefficient (Wildman–Crippen LogP) is 1.90. The van der Waals surface area contributed by atoms with Crippen LogP contribution in [-0.2, 0) is 16.1 Å². The molecule has 3 aromatic rings. The Balaban J connectivity index is 1.98. The van der Waals surface area contributed by atoms with Gasteiger partial charge in [-0.25, -0.2) is 23.7 Å². The van der Waals surface area contributed by atoms with Gasteiger partial charge in [-0.2, -0.15) is 0 Å². The Bertz CT molecular complexity index is 1340. The summed E-state index contributed by atoms with van der Waals surface area (Å²) in [7, 11) is 1.22. The molecule has 0 N–H and O–H groups in total. The molecule has 0 saturated carbocycles. The van der Waals surface area contributed by atoms with Crippen LogP contribution >= 0.6 is 0 Å². The third kappa shape index (κ3) is 4.18. The SMILES string of the molecule is COC(=O)c1cc(C)nc2c1c(=O)n(CC(=O)N1CCCC(C)C1)c(=O)n2-c1ccccc1. The van der Waals surface area contributed by atoms with E-state index in [9.17, 15) is 19.2 Å². The fourth-order valence-corrected chi connectivity index (χ4v) is 4.33. The van der Waals surface area contributed by atoms with Gasteiger partial charge in [-0.3, -0.25) is 9.59 Å². The average Bonchev–Trinajstić information content (AvgIpc) is 2.81. The molecule has 1 unspecified atom stereocenters. The molecule has 1 aliphatic rings. The van der Waals surface area contributed by atoms with E-state index in [0.29, 0.717) is 30.4 Å². The minimum absolute atomic E-state index is 0.00229. The minimum atomic E-state index is -0.742. The fraction of sp³-hybridized carbons (Fsp3) is 0.375. The molecule has 3 heterocycles. The number of hydrogen-bond acceptors (Lipinski definition) is 6. The summed E-state index contributed by atoms with van der Waals surface area (Å²) in [6.07, 6.45) is 1.91. The Morgan fingerprint density at radius 1 is 1.18 bits per heavy atom. The van der Waals surface area contributed by atoms with Crippen molar-refractivity contribution in [1.82, 2.24) is 19.0 Å². The molecule has 2 aromatic heterocycles. The predicted molar refractivity (Wildman–Crippen MR) is 123 cm³/mol. The van der Waals surface area contributed by atoms with Crippen molar-refractivity contribution in [2.45, 2.75) is 33.2 Å². The van der Waals surface area contributed by atoms with E-state index < -0.39 is 23.8 Å². The number of piperidine rings is 1. The number of hydrogen-bond donors (Lipinski definition) is 0. The number of aromatic nitrogens is 3. The van der Waals surface area contributed by atoms with E-state index in [1.165, 1.54) is 17.7 Å². The Morgan fingerprint density at radius 2 is 1.91 bits per heavy atom. The van der Waals surface area contributed by atoms with Crippen molar-refractivity contribution in [2.24, 2.45) is 5.92 Å². The van der Waals surface area contributed by atoms with Gasteiger partial charge in [-0.05, 0) is 43.9 Å². The van der Waals surface area contributed by atoms with Crippen LogP contribution in [0.3, 0.4) is 0 Å². The summed E-state index contributed by atoms with van der Waals surface area (Å²) in [5.74, 6) is -0.668. The molecular weight excluding hydrogens is 424 g/mol. The van der Waals surface area contributed by atoms with Crippen LogP contribution in [0.25, 0.3) is 16.7 Å². The largest absolute Gasteiger partial charge is 0.465 e. The van der Waals surface area contributed by atoms with E-state index in [1.807, 2.05) is 0 Å². The first-order valence-corrected chi connectivity index (χ1v) is 10.9. The van der Waals surface area contributed by atoms with Gasteiger partial charge >= 0.3 is 11.7 Å². The fourth-order valence-electron chi connectivity index (χ4n) is 4.33. The summed E-state index contributed by atoms with van der Waals surface area (Å²) in [6, 6.07) is 10.2. The molecule has 1 atom stereocenters. The molecule has 9 heteroatoms. The van der Waals surface area contributed by atoms with Crippen LogP contribution in [0, 0.1) is 12.8 Å². The summed E-state index contributed by atoms with van der Waals surface area (Å²) < 4.78 is 7.04. The number of aryl methyl sites for hydroxylation is 1. The maximum Gasteiger partial charge on any atom is 0.338 e. The zero-order chi connectivity index (χ0) is 23.7. The third-order valence-electron chi connectivity index (χ3n) is 5.94. The number of pyridine rings is 1. The van der Waals surface area contributed by atoms with Gasteiger partial charge in [0.2, 0.25) is 5.91 Å². The standard InChI is InChI=1S/C24H26N4O5/c1-15-8-7-11-26(13-15)19(29)14-27-22(30)20-18(23(31)33-3)12-16(2)25-21(20)28(24(27)32)17-9-5-4-6-10-17/h4-6,9-10,12,15H,7-8,11,13-14H2,1-3H3. The van der Waals surface area contributed by atoms with Crippen molar-refractivity contribution in [3.05, 3.63) is 68.5 Å². The molecule has 33 heavy (non-hydrogen) atoms. The molecule has 9 nitrogen and oxygen atoms in total. The molecule has 0 aliphatic carbocycles. The van der Waals surface area contributed by atoms with Crippen molar-refractivity contribution in [1.29, 1.82) is 0 Å². The third-order valence-corrected chi connectivity index (χ3v) is 5.94. The number of nitrogens with zero attached hydrogens (tertiary/aromatic N) is 4. The second-order valence-electron chi connectivity index (χ2n) is 8.43. The van der Waals surface area contributed by atoms with Gasteiger partial charge in [0.25, 0.3) is 5.56 Å². The van der Waals surface area contributed by atoms with Gasteiger partial charge < -0.3 is 9.64 Å². The number of methoxy groups -OCH3 is 1. The lowest BCUT2D eigenvalue weighted by Gasteiger charge is -2.31. The molecule has 1 amide bonds. The van der Waals surface area contributed by atoms with E-state index in [1.54, 1.807) is 42.2 Å². The number of rotatable bonds is 4. The molecule has 0 spiro atoms. The molecule has 1 aliphatic heterocycles. The van der Waals surface area contributed by atoms with Crippen LogP contribution in [0.4, 0.5) is 0 Å². The minimum Gasteiger partial charge on any atom is -0.465 e. The Morgan fingerprint density at radius 3 is 2.58 bits per heavy atom. The molecule has 1 saturated heterocycles. The summed E-state index contributed by atoms with van der Waals surface area (Å²) >= 11 is 0. The highest BCUT2D eigenvalue weighted by Crippen LogP contribution is 2.19. The van der Waals surface area contributed by atoms with Gasteiger partial charge in [-0.1, -0.05) is 25.1 Å². The average molecular weight is 450 g/mol. The highest BCUT2D eigenvalue weighted by Gasteiger charge is 2.26. The quantitative estimate of drug-likeness (QED) is 0.563. The van der Waals surface area contributed by atoms with Crippen molar-refractivity contribution in [2.75, 3.05) is 20.2 Å². The normalized spacial score (nSPS) is 16.1. The van der Waals surface area contributed by atoms with E-state index in [-0.39, 0.29) is 22.5 Å². The summed E-state index contributed by atoms with van der Waals surface area (Å²) in [6.45, 7) is 4.50. The number of likely N-dealkylation sites (tertiary alicyclic amines) is 1. The number of fused-ring (bicyclic) bond motifs is 1. The van der Waals surface area contributed by atoms with Crippen molar-refractivity contribution >= 4 is 22.9 Å². The lowest BCUT2D eigenvalue weighted by atomic mass is 10.0. The van der Waals surface area contributed by atoms with Gasteiger partial charge in [0.05, 0.1) is 23.7 Å². The highest BCUT2D eigenvalue weighted by molar-refractivity contribution is 6.02. The zero-order valence-electron chi connectivity index (χ0n) is 18.9. The molecule has 1 aromatic carbocycles. The van der Waals surface area contributed by atoms with Gasteiger partial charge in [-0.15, -0.1) is 0 Å². The number of ether oxygens (including phenoxy) is 1. The second kappa shape index (κ2) is 9.01. The molecular formula is C24H26N4O5. The Kier molecular flexibility index (Phi) is 6.13. The van der Waals surface area contributed by atoms with Crippen LogP contribution in [0.15, 0.2) is 46.0 Å². The van der Waals surface area contributed by atoms with Crippen LogP contribution in [0.1, 0.15) is 35.8 Å². The van der Waals surface area contributed by atoms with Gasteiger partial charge in [0, 0.05) is 18.8 Å². The molecule has 1 fully saturated rings. The highest BCUT2D eigenvalue weighted by atomic mass is 16.5. The lowest BCUT2D eigenvalue weighted by molar-refractivity contribution is -0.133. The molecule has 172 valence electrons. The Labute approximate surface area is 190 Å². The number of esters is 1. The van der Waals surface area contributed by atoms with Crippen LogP contribution in [0.2, 0.25) is 0 Å². The van der Waals surface area contributed by atoms with Crippen LogP contribution in [0.5, 0.6) is 0 Å². The second-order valence-corrected chi connectivity index (χ2v) is 8.43. The number of carbonyl (C=O) groups excluding carboxylic acids is 2. The lowest BCUT2D eigenvalue weighted by Crippen LogP contribution is -2.47. The van der Waals surface area contributed by atoms with Crippen molar-refractivity contribution < 1.29 is 14.3 Å². The number of para-hydroxylation sites is 1. The zero-order valence-corrected chi connectivity index (χ0v) is 18.9. The maximum atomic E-state index is 13.5. The number of benzene rings is 1. The molecule has 0 radical (unpaired) electrons. The van der Waals surface area contributed by atoms with Crippen LogP contribution in [-0.4, -0.2) is 51.1 Å². The molecule has 4 rings (SSSR count). The summed E-state index contributed by atoms with van der Waals surface area (Å²) in [4.78, 5) is 58.7.